The quantitative estimate of drug-likeness (QED) is 0.869. The van der Waals surface area contributed by atoms with Crippen molar-refractivity contribution in [2.45, 2.75) is 27.0 Å². The Morgan fingerprint density at radius 3 is 2.52 bits per heavy atom. The largest absolute Gasteiger partial charge is 0.488 e. The predicted octanol–water partition coefficient (Wildman–Crippen LogP) is 3.96. The molecule has 0 unspecified atom stereocenters. The van der Waals surface area contributed by atoms with Crippen molar-refractivity contribution < 1.29 is 13.5 Å². The molecule has 2 aromatic rings. The summed E-state index contributed by atoms with van der Waals surface area (Å²) in [6.07, 6.45) is 0. The first-order valence-corrected chi connectivity index (χ1v) is 6.98. The van der Waals surface area contributed by atoms with Crippen molar-refractivity contribution in [1.82, 2.24) is 5.32 Å². The minimum Gasteiger partial charge on any atom is -0.488 e. The molecular weight excluding hydrogens is 272 g/mol. The first kappa shape index (κ1) is 15.4. The molecule has 0 aliphatic carbocycles. The highest BCUT2D eigenvalue weighted by Gasteiger charge is 2.11. The molecule has 0 spiro atoms. The van der Waals surface area contributed by atoms with Gasteiger partial charge in [-0.1, -0.05) is 37.3 Å². The minimum atomic E-state index is -0.853. The van der Waals surface area contributed by atoms with E-state index in [1.807, 2.05) is 32.0 Å². The number of para-hydroxylation sites is 1. The first-order chi connectivity index (χ1) is 10.1. The van der Waals surface area contributed by atoms with Crippen LogP contribution in [0.3, 0.4) is 0 Å². The zero-order chi connectivity index (χ0) is 15.2. The van der Waals surface area contributed by atoms with Crippen LogP contribution in [0.25, 0.3) is 0 Å². The normalized spacial score (nSPS) is 10.7. The molecule has 0 saturated carbocycles. The maximum absolute atomic E-state index is 13.6. The van der Waals surface area contributed by atoms with Crippen LogP contribution in [0.5, 0.6) is 5.75 Å². The van der Waals surface area contributed by atoms with Gasteiger partial charge in [0, 0.05) is 17.7 Å². The molecule has 0 aliphatic rings. The summed E-state index contributed by atoms with van der Waals surface area (Å²) in [6, 6.07) is 9.97. The Kier molecular flexibility index (Phi) is 5.28. The number of ether oxygens (including phenoxy) is 1. The van der Waals surface area contributed by atoms with Gasteiger partial charge in [-0.05, 0) is 25.1 Å². The second kappa shape index (κ2) is 7.18. The molecule has 1 N–H and O–H groups in total. The number of rotatable bonds is 6. The van der Waals surface area contributed by atoms with E-state index in [1.54, 1.807) is 0 Å². The van der Waals surface area contributed by atoms with Crippen LogP contribution in [0.2, 0.25) is 0 Å². The molecule has 0 amide bonds. The fourth-order valence-corrected chi connectivity index (χ4v) is 2.13. The van der Waals surface area contributed by atoms with Crippen molar-refractivity contribution in [2.24, 2.45) is 0 Å². The highest BCUT2D eigenvalue weighted by atomic mass is 19.2. The van der Waals surface area contributed by atoms with Gasteiger partial charge in [-0.2, -0.15) is 0 Å². The van der Waals surface area contributed by atoms with Gasteiger partial charge in [0.05, 0.1) is 0 Å². The van der Waals surface area contributed by atoms with Gasteiger partial charge in [-0.3, -0.25) is 0 Å². The van der Waals surface area contributed by atoms with E-state index in [4.69, 9.17) is 4.74 Å². The molecule has 0 saturated heterocycles. The zero-order valence-corrected chi connectivity index (χ0v) is 12.2. The van der Waals surface area contributed by atoms with Gasteiger partial charge in [-0.25, -0.2) is 8.78 Å². The lowest BCUT2D eigenvalue weighted by Crippen LogP contribution is -2.13. The van der Waals surface area contributed by atoms with Crippen LogP contribution in [-0.2, 0) is 13.2 Å². The van der Waals surface area contributed by atoms with Crippen LogP contribution in [0, 0.1) is 18.6 Å². The van der Waals surface area contributed by atoms with E-state index in [1.165, 1.54) is 12.1 Å². The summed E-state index contributed by atoms with van der Waals surface area (Å²) in [5.74, 6) is -0.977. The van der Waals surface area contributed by atoms with E-state index in [0.717, 1.165) is 29.5 Å². The molecule has 2 aromatic carbocycles. The smallest absolute Gasteiger partial charge is 0.165 e. The fourth-order valence-electron chi connectivity index (χ4n) is 2.13. The third-order valence-corrected chi connectivity index (χ3v) is 3.26. The summed E-state index contributed by atoms with van der Waals surface area (Å²) in [7, 11) is 0. The van der Waals surface area contributed by atoms with E-state index in [9.17, 15) is 8.78 Å². The SMILES string of the molecule is CCNCc1cccc(C)c1OCc1cccc(F)c1F. The Labute approximate surface area is 123 Å². The lowest BCUT2D eigenvalue weighted by atomic mass is 10.1. The third-order valence-electron chi connectivity index (χ3n) is 3.26. The van der Waals surface area contributed by atoms with Crippen molar-refractivity contribution in [3.63, 3.8) is 0 Å². The van der Waals surface area contributed by atoms with Gasteiger partial charge in [-0.15, -0.1) is 0 Å². The van der Waals surface area contributed by atoms with Gasteiger partial charge in [0.2, 0.25) is 0 Å². The van der Waals surface area contributed by atoms with Gasteiger partial charge < -0.3 is 10.1 Å². The minimum absolute atomic E-state index is 0.00751. The average Bonchev–Trinajstić information content (AvgIpc) is 2.48. The van der Waals surface area contributed by atoms with Crippen LogP contribution in [0.15, 0.2) is 36.4 Å². The van der Waals surface area contributed by atoms with Crippen LogP contribution >= 0.6 is 0 Å². The Balaban J connectivity index is 2.17. The number of aryl methyl sites for hydroxylation is 1. The Hall–Kier alpha value is -1.94. The second-order valence-corrected chi connectivity index (χ2v) is 4.85. The molecule has 0 fully saturated rings. The Bertz CT molecular complexity index is 614. The van der Waals surface area contributed by atoms with Crippen molar-refractivity contribution in [2.75, 3.05) is 6.54 Å². The first-order valence-electron chi connectivity index (χ1n) is 6.98. The van der Waals surface area contributed by atoms with Crippen LogP contribution in [0.4, 0.5) is 8.78 Å². The number of hydrogen-bond acceptors (Lipinski definition) is 2. The molecular formula is C17H19F2NO. The van der Waals surface area contributed by atoms with E-state index < -0.39 is 11.6 Å². The topological polar surface area (TPSA) is 21.3 Å². The summed E-state index contributed by atoms with van der Waals surface area (Å²) in [5.41, 5.74) is 2.20. The van der Waals surface area contributed by atoms with Gasteiger partial charge >= 0.3 is 0 Å². The molecule has 0 bridgehead atoms. The monoisotopic (exact) mass is 291 g/mol. The zero-order valence-electron chi connectivity index (χ0n) is 12.2. The summed E-state index contributed by atoms with van der Waals surface area (Å²) in [4.78, 5) is 0. The Morgan fingerprint density at radius 2 is 1.76 bits per heavy atom. The molecule has 112 valence electrons. The molecule has 0 atom stereocenters. The van der Waals surface area contributed by atoms with Crippen LogP contribution in [-0.4, -0.2) is 6.54 Å². The highest BCUT2D eigenvalue weighted by Crippen LogP contribution is 2.25. The van der Waals surface area contributed by atoms with Crippen LogP contribution < -0.4 is 10.1 Å². The van der Waals surface area contributed by atoms with Crippen molar-refractivity contribution in [3.8, 4) is 5.75 Å². The maximum Gasteiger partial charge on any atom is 0.165 e. The molecule has 2 nitrogen and oxygen atoms in total. The lowest BCUT2D eigenvalue weighted by Gasteiger charge is -2.15. The third kappa shape index (κ3) is 3.79. The van der Waals surface area contributed by atoms with Gasteiger partial charge in [0.1, 0.15) is 12.4 Å². The molecule has 21 heavy (non-hydrogen) atoms. The summed E-state index contributed by atoms with van der Waals surface area (Å²) < 4.78 is 32.6. The molecule has 2 rings (SSSR count). The predicted molar refractivity (Wildman–Crippen MR) is 79.2 cm³/mol. The fraction of sp³-hybridized carbons (Fsp3) is 0.294. The number of benzene rings is 2. The number of hydrogen-bond donors (Lipinski definition) is 1. The maximum atomic E-state index is 13.6. The lowest BCUT2D eigenvalue weighted by molar-refractivity contribution is 0.291. The van der Waals surface area contributed by atoms with Gasteiger partial charge in [0.25, 0.3) is 0 Å². The Morgan fingerprint density at radius 1 is 1.05 bits per heavy atom. The molecule has 0 heterocycles. The second-order valence-electron chi connectivity index (χ2n) is 4.85. The van der Waals surface area contributed by atoms with E-state index in [0.29, 0.717) is 6.54 Å². The van der Waals surface area contributed by atoms with E-state index >= 15 is 0 Å². The average molecular weight is 291 g/mol. The van der Waals surface area contributed by atoms with E-state index in [-0.39, 0.29) is 12.2 Å². The van der Waals surface area contributed by atoms with E-state index in [2.05, 4.69) is 5.32 Å². The molecule has 4 heteroatoms. The summed E-state index contributed by atoms with van der Waals surface area (Å²) >= 11 is 0. The number of halogens is 2. The van der Waals surface area contributed by atoms with Crippen molar-refractivity contribution >= 4 is 0 Å². The van der Waals surface area contributed by atoms with Crippen molar-refractivity contribution in [1.29, 1.82) is 0 Å². The molecule has 0 aromatic heterocycles. The van der Waals surface area contributed by atoms with Crippen LogP contribution in [0.1, 0.15) is 23.6 Å². The summed E-state index contributed by atoms with van der Waals surface area (Å²) in [6.45, 7) is 5.50. The standard InChI is InChI=1S/C17H19F2NO/c1-3-20-10-13-7-4-6-12(2)17(13)21-11-14-8-5-9-15(18)16(14)19/h4-9,20H,3,10-11H2,1-2H3. The summed E-state index contributed by atoms with van der Waals surface area (Å²) in [5, 5.41) is 3.24. The number of nitrogens with one attached hydrogen (secondary N) is 1. The van der Waals surface area contributed by atoms with Crippen molar-refractivity contribution in [3.05, 3.63) is 64.7 Å². The molecule has 0 radical (unpaired) electrons. The highest BCUT2D eigenvalue weighted by molar-refractivity contribution is 5.41. The van der Waals surface area contributed by atoms with Gasteiger partial charge in [0.15, 0.2) is 11.6 Å². The molecule has 0 aliphatic heterocycles.